The van der Waals surface area contributed by atoms with Crippen LogP contribution in [0.15, 0.2) is 16.0 Å². The molecule has 1 N–H and O–H groups in total. The Morgan fingerprint density at radius 1 is 1.77 bits per heavy atom. The van der Waals surface area contributed by atoms with Gasteiger partial charge in [0.25, 0.3) is 0 Å². The molecule has 3 nitrogen and oxygen atoms in total. The van der Waals surface area contributed by atoms with E-state index in [0.717, 1.165) is 19.5 Å². The van der Waals surface area contributed by atoms with Crippen molar-refractivity contribution in [2.45, 2.75) is 11.4 Å². The van der Waals surface area contributed by atoms with Crippen LogP contribution < -0.4 is 4.72 Å². The van der Waals surface area contributed by atoms with Crippen LogP contribution in [0.5, 0.6) is 0 Å². The zero-order valence-corrected chi connectivity index (χ0v) is 9.03. The predicted octanol–water partition coefficient (Wildman–Crippen LogP) is 1.42. The number of hydrogen-bond donors (Lipinski definition) is 1. The molecule has 0 amide bonds. The van der Waals surface area contributed by atoms with Crippen LogP contribution in [0, 0.1) is 0 Å². The van der Waals surface area contributed by atoms with Crippen molar-refractivity contribution < 1.29 is 0 Å². The van der Waals surface area contributed by atoms with Gasteiger partial charge in [-0.25, -0.2) is 9.12 Å². The molecule has 0 saturated carbocycles. The Morgan fingerprint density at radius 2 is 2.62 bits per heavy atom. The summed E-state index contributed by atoms with van der Waals surface area (Å²) >= 11 is 7.64. The van der Waals surface area contributed by atoms with Crippen molar-refractivity contribution in [2.24, 2.45) is 4.40 Å². The van der Waals surface area contributed by atoms with Gasteiger partial charge in [0.05, 0.1) is 18.3 Å². The van der Waals surface area contributed by atoms with Gasteiger partial charge in [0.15, 0.2) is 5.00 Å². The summed E-state index contributed by atoms with van der Waals surface area (Å²) in [5, 5.41) is 0. The Balaban J connectivity index is 2.15. The summed E-state index contributed by atoms with van der Waals surface area (Å²) in [7, 11) is 2.10. The second kappa shape index (κ2) is 3.61. The van der Waals surface area contributed by atoms with E-state index in [2.05, 4.69) is 27.1 Å². The highest BCUT2D eigenvalue weighted by Crippen LogP contribution is 2.30. The number of alkyl halides is 1. The Morgan fingerprint density at radius 3 is 3.23 bits per heavy atom. The Kier molecular flexibility index (Phi) is 2.65. The molecule has 13 heavy (non-hydrogen) atoms. The van der Waals surface area contributed by atoms with Crippen molar-refractivity contribution in [1.82, 2.24) is 9.62 Å². The monoisotopic (exact) mass is 217 g/mol. The topological polar surface area (TPSA) is 27.6 Å². The van der Waals surface area contributed by atoms with Gasteiger partial charge in [-0.15, -0.1) is 0 Å². The van der Waals surface area contributed by atoms with Gasteiger partial charge in [-0.2, -0.15) is 0 Å². The first-order chi connectivity index (χ1) is 6.21. The quantitative estimate of drug-likeness (QED) is 0.312. The third-order valence-electron chi connectivity index (χ3n) is 2.29. The fraction of sp³-hybridized carbons (Fsp3) is 0.625. The summed E-state index contributed by atoms with van der Waals surface area (Å²) in [6.45, 7) is 2.03. The van der Waals surface area contributed by atoms with Crippen molar-refractivity contribution in [2.75, 3.05) is 20.1 Å². The van der Waals surface area contributed by atoms with Crippen LogP contribution in [-0.2, 0) is 0 Å². The van der Waals surface area contributed by atoms with Gasteiger partial charge in [-0.05, 0) is 19.0 Å². The largest absolute Gasteiger partial charge is 0.302 e. The lowest BCUT2D eigenvalue weighted by Gasteiger charge is -2.29. The number of hydrogen-bond acceptors (Lipinski definition) is 4. The van der Waals surface area contributed by atoms with Crippen molar-refractivity contribution in [3.63, 3.8) is 0 Å². The van der Waals surface area contributed by atoms with Gasteiger partial charge in [0.2, 0.25) is 0 Å². The molecule has 2 aliphatic rings. The lowest BCUT2D eigenvalue weighted by Crippen LogP contribution is -2.42. The van der Waals surface area contributed by atoms with Crippen molar-refractivity contribution >= 4 is 29.9 Å². The molecule has 0 radical (unpaired) electrons. The molecule has 0 saturated heterocycles. The molecule has 0 spiro atoms. The second-order valence-electron chi connectivity index (χ2n) is 3.40. The van der Waals surface area contributed by atoms with E-state index in [-0.39, 0.29) is 0 Å². The number of halogens is 1. The van der Waals surface area contributed by atoms with Crippen molar-refractivity contribution in [3.8, 4) is 0 Å². The lowest BCUT2D eigenvalue weighted by molar-refractivity contribution is 0.347. The van der Waals surface area contributed by atoms with Crippen LogP contribution in [0.25, 0.3) is 0 Å². The fourth-order valence-corrected chi connectivity index (χ4v) is 2.45. The third-order valence-corrected chi connectivity index (χ3v) is 3.46. The number of likely N-dealkylation sites (N-methyl/N-ethyl adjacent to an activating group) is 1. The molecular weight excluding hydrogens is 206 g/mol. The van der Waals surface area contributed by atoms with E-state index < -0.39 is 5.00 Å². The highest BCUT2D eigenvalue weighted by molar-refractivity contribution is 7.96. The molecule has 0 aromatic carbocycles. The standard InChI is InChI=1S/C8H12ClN3S/c1-12-4-2-3-7(5-12)8(9)6-10-13-11-8/h3,6,11H,2,4-5H2,1H3. The van der Waals surface area contributed by atoms with Gasteiger partial charge in [0.1, 0.15) is 0 Å². The minimum Gasteiger partial charge on any atom is -0.302 e. The number of rotatable bonds is 1. The van der Waals surface area contributed by atoms with Crippen LogP contribution in [0.2, 0.25) is 0 Å². The zero-order chi connectivity index (χ0) is 9.31. The molecule has 2 heterocycles. The number of nitrogens with one attached hydrogen (secondary N) is 1. The summed E-state index contributed by atoms with van der Waals surface area (Å²) in [6, 6.07) is 0. The smallest absolute Gasteiger partial charge is 0.163 e. The highest BCUT2D eigenvalue weighted by Gasteiger charge is 2.34. The van der Waals surface area contributed by atoms with Gasteiger partial charge in [0, 0.05) is 13.1 Å². The first kappa shape index (κ1) is 9.52. The highest BCUT2D eigenvalue weighted by atomic mass is 35.5. The minimum atomic E-state index is -0.542. The molecule has 2 rings (SSSR count). The molecule has 5 heteroatoms. The molecule has 1 atom stereocenters. The molecule has 0 bridgehead atoms. The second-order valence-corrected chi connectivity index (χ2v) is 4.59. The van der Waals surface area contributed by atoms with Gasteiger partial charge in [-0.3, -0.25) is 0 Å². The molecule has 0 aromatic rings. The van der Waals surface area contributed by atoms with Gasteiger partial charge >= 0.3 is 0 Å². The lowest BCUT2D eigenvalue weighted by atomic mass is 10.0. The Labute approximate surface area is 87.5 Å². The molecule has 72 valence electrons. The SMILES string of the molecule is CN1CCC=C(C2(Cl)C=NSN2)C1. The van der Waals surface area contributed by atoms with Gasteiger partial charge in [-0.1, -0.05) is 17.7 Å². The maximum absolute atomic E-state index is 6.34. The minimum absolute atomic E-state index is 0.542. The predicted molar refractivity (Wildman–Crippen MR) is 58.0 cm³/mol. The summed E-state index contributed by atoms with van der Waals surface area (Å²) in [5.41, 5.74) is 1.21. The summed E-state index contributed by atoms with van der Waals surface area (Å²) in [6.07, 6.45) is 5.04. The summed E-state index contributed by atoms with van der Waals surface area (Å²) < 4.78 is 7.11. The summed E-state index contributed by atoms with van der Waals surface area (Å²) in [4.78, 5) is 1.72. The average molecular weight is 218 g/mol. The van der Waals surface area contributed by atoms with Gasteiger partial charge < -0.3 is 4.90 Å². The maximum Gasteiger partial charge on any atom is 0.163 e. The molecular formula is C8H12ClN3S. The maximum atomic E-state index is 6.34. The molecule has 0 aromatic heterocycles. The van der Waals surface area contributed by atoms with Crippen LogP contribution in [0.3, 0.4) is 0 Å². The number of nitrogens with zero attached hydrogens (tertiary/aromatic N) is 2. The van der Waals surface area contributed by atoms with Crippen molar-refractivity contribution in [3.05, 3.63) is 11.6 Å². The van der Waals surface area contributed by atoms with E-state index in [9.17, 15) is 0 Å². The van der Waals surface area contributed by atoms with Crippen LogP contribution in [-0.4, -0.2) is 36.2 Å². The van der Waals surface area contributed by atoms with E-state index in [1.807, 2.05) is 0 Å². The van der Waals surface area contributed by atoms with Crippen LogP contribution in [0.1, 0.15) is 6.42 Å². The molecule has 2 aliphatic heterocycles. The van der Waals surface area contributed by atoms with Crippen LogP contribution in [0.4, 0.5) is 0 Å². The Bertz CT molecular complexity index is 266. The fourth-order valence-electron chi connectivity index (χ4n) is 1.52. The first-order valence-corrected chi connectivity index (χ1v) is 5.40. The molecule has 0 fully saturated rings. The summed E-state index contributed by atoms with van der Waals surface area (Å²) in [5.74, 6) is 0. The van der Waals surface area contributed by atoms with E-state index >= 15 is 0 Å². The van der Waals surface area contributed by atoms with Crippen molar-refractivity contribution in [1.29, 1.82) is 0 Å². The average Bonchev–Trinajstić information content (AvgIpc) is 2.54. The third kappa shape index (κ3) is 1.91. The van der Waals surface area contributed by atoms with E-state index in [1.54, 1.807) is 6.21 Å². The van der Waals surface area contributed by atoms with Crippen LogP contribution >= 0.6 is 23.7 Å². The van der Waals surface area contributed by atoms with E-state index in [1.165, 1.54) is 17.7 Å². The zero-order valence-electron chi connectivity index (χ0n) is 7.46. The normalized spacial score (nSPS) is 35.1. The Hall–Kier alpha value is -0.0300. The first-order valence-electron chi connectivity index (χ1n) is 4.25. The molecule has 1 unspecified atom stereocenters. The van der Waals surface area contributed by atoms with E-state index in [4.69, 9.17) is 11.6 Å². The van der Waals surface area contributed by atoms with E-state index in [0.29, 0.717) is 0 Å². The molecule has 0 aliphatic carbocycles.